The predicted octanol–water partition coefficient (Wildman–Crippen LogP) is 1.91. The number of nitrogens with one attached hydrogen (secondary N) is 1. The largest absolute Gasteiger partial charge is 0.449 e. The van der Waals surface area contributed by atoms with Gasteiger partial charge in [0.2, 0.25) is 5.91 Å². The second-order valence-electron chi connectivity index (χ2n) is 7.41. The number of ether oxygens (including phenoxy) is 1. The average molecular weight is 326 g/mol. The van der Waals surface area contributed by atoms with Crippen molar-refractivity contribution in [2.75, 3.05) is 13.2 Å². The lowest BCUT2D eigenvalue weighted by molar-refractivity contribution is -0.126. The summed E-state index contributed by atoms with van der Waals surface area (Å²) in [7, 11) is 0. The fourth-order valence-corrected chi connectivity index (χ4v) is 3.39. The van der Waals surface area contributed by atoms with E-state index in [0.29, 0.717) is 12.5 Å². The summed E-state index contributed by atoms with van der Waals surface area (Å²) >= 11 is 0. The first-order valence-electron chi connectivity index (χ1n) is 8.80. The number of aliphatic hydroxyl groups excluding tert-OH is 1. The number of rotatable bonds is 4. The van der Waals surface area contributed by atoms with E-state index in [0.717, 1.165) is 19.3 Å². The number of β-amino-alcohol motifs (C(OH)–C–C–N with tert-alkyl or cyclic N) is 1. The molecule has 1 heterocycles. The molecule has 2 amide bonds. The Balaban J connectivity index is 1.94. The highest BCUT2D eigenvalue weighted by molar-refractivity contribution is 5.86. The van der Waals surface area contributed by atoms with E-state index in [4.69, 9.17) is 4.74 Å². The summed E-state index contributed by atoms with van der Waals surface area (Å²) < 4.78 is 5.22. The number of aliphatic hydroxyl groups is 1. The monoisotopic (exact) mass is 326 g/mol. The van der Waals surface area contributed by atoms with Crippen molar-refractivity contribution in [2.45, 2.75) is 71.1 Å². The van der Waals surface area contributed by atoms with E-state index in [1.165, 1.54) is 11.3 Å². The Bertz CT molecular complexity index is 427. The zero-order chi connectivity index (χ0) is 17.0. The van der Waals surface area contributed by atoms with Crippen LogP contribution < -0.4 is 5.32 Å². The molecule has 4 atom stereocenters. The van der Waals surface area contributed by atoms with Gasteiger partial charge in [0, 0.05) is 12.5 Å². The van der Waals surface area contributed by atoms with E-state index >= 15 is 0 Å². The second-order valence-corrected chi connectivity index (χ2v) is 7.41. The van der Waals surface area contributed by atoms with Crippen LogP contribution in [0.3, 0.4) is 0 Å². The molecule has 6 heteroatoms. The number of likely N-dealkylation sites (tertiary alicyclic amines) is 1. The minimum absolute atomic E-state index is 0.162. The normalized spacial score (nSPS) is 31.3. The van der Waals surface area contributed by atoms with Crippen molar-refractivity contribution in [3.63, 3.8) is 0 Å². The molecule has 23 heavy (non-hydrogen) atoms. The molecule has 1 saturated heterocycles. The van der Waals surface area contributed by atoms with E-state index in [2.05, 4.69) is 12.2 Å². The Hall–Kier alpha value is -1.30. The second kappa shape index (κ2) is 7.99. The van der Waals surface area contributed by atoms with Gasteiger partial charge < -0.3 is 15.2 Å². The summed E-state index contributed by atoms with van der Waals surface area (Å²) in [5, 5.41) is 13.0. The number of carbonyl (C=O) groups excluding carboxylic acids is 2. The summed E-state index contributed by atoms with van der Waals surface area (Å²) in [5.74, 6) is 0.531. The zero-order valence-corrected chi connectivity index (χ0v) is 14.5. The standard InChI is InChI=1S/C17H30N2O4/c1-11(2)10-23-17(22)19-9-13(20)8-15(19)16(21)18-14-7-5-4-6-12(14)3/h11-15,20H,4-10H2,1-3H3,(H,18,21)/t12-,13+,14+,15-/m0/s1. The van der Waals surface area contributed by atoms with E-state index in [1.807, 2.05) is 13.8 Å². The summed E-state index contributed by atoms with van der Waals surface area (Å²) in [5.41, 5.74) is 0. The van der Waals surface area contributed by atoms with Crippen LogP contribution in [0.2, 0.25) is 0 Å². The Morgan fingerprint density at radius 3 is 2.65 bits per heavy atom. The fraction of sp³-hybridized carbons (Fsp3) is 0.882. The van der Waals surface area contributed by atoms with Crippen LogP contribution in [-0.4, -0.2) is 53.3 Å². The van der Waals surface area contributed by atoms with E-state index < -0.39 is 18.2 Å². The lowest BCUT2D eigenvalue weighted by Crippen LogP contribution is -2.51. The van der Waals surface area contributed by atoms with Crippen LogP contribution in [0.15, 0.2) is 0 Å². The molecule has 0 aromatic carbocycles. The molecule has 2 rings (SSSR count). The van der Waals surface area contributed by atoms with Gasteiger partial charge in [0.05, 0.1) is 19.3 Å². The average Bonchev–Trinajstić information content (AvgIpc) is 2.89. The van der Waals surface area contributed by atoms with Crippen molar-refractivity contribution in [1.29, 1.82) is 0 Å². The Morgan fingerprint density at radius 2 is 2.00 bits per heavy atom. The SMILES string of the molecule is CC(C)COC(=O)N1C[C@H](O)C[C@H]1C(=O)N[C@@H]1CCCC[C@@H]1C. The van der Waals surface area contributed by atoms with Crippen LogP contribution in [0, 0.1) is 11.8 Å². The molecular weight excluding hydrogens is 296 g/mol. The molecule has 1 aliphatic carbocycles. The van der Waals surface area contributed by atoms with Crippen molar-refractivity contribution in [1.82, 2.24) is 10.2 Å². The third-order valence-electron chi connectivity index (χ3n) is 4.80. The predicted molar refractivity (Wildman–Crippen MR) is 86.9 cm³/mol. The van der Waals surface area contributed by atoms with Crippen molar-refractivity contribution < 1.29 is 19.4 Å². The van der Waals surface area contributed by atoms with E-state index in [-0.39, 0.29) is 30.8 Å². The maximum Gasteiger partial charge on any atom is 0.410 e. The maximum atomic E-state index is 12.6. The lowest BCUT2D eigenvalue weighted by Gasteiger charge is -2.31. The molecule has 0 spiro atoms. The molecule has 2 aliphatic rings. The summed E-state index contributed by atoms with van der Waals surface area (Å²) in [4.78, 5) is 26.1. The third-order valence-corrected chi connectivity index (χ3v) is 4.80. The molecule has 6 nitrogen and oxygen atoms in total. The first-order chi connectivity index (χ1) is 10.9. The van der Waals surface area contributed by atoms with E-state index in [9.17, 15) is 14.7 Å². The first kappa shape index (κ1) is 18.0. The Labute approximate surface area is 138 Å². The first-order valence-corrected chi connectivity index (χ1v) is 8.80. The molecular formula is C17H30N2O4. The summed E-state index contributed by atoms with van der Waals surface area (Å²) in [6.07, 6.45) is 3.56. The summed E-state index contributed by atoms with van der Waals surface area (Å²) in [6.45, 7) is 6.55. The van der Waals surface area contributed by atoms with Crippen molar-refractivity contribution in [3.05, 3.63) is 0 Å². The quantitative estimate of drug-likeness (QED) is 0.827. The molecule has 2 N–H and O–H groups in total. The van der Waals surface area contributed by atoms with Crippen LogP contribution >= 0.6 is 0 Å². The highest BCUT2D eigenvalue weighted by Gasteiger charge is 2.40. The number of amides is 2. The van der Waals surface area contributed by atoms with Gasteiger partial charge in [-0.25, -0.2) is 4.79 Å². The smallest absolute Gasteiger partial charge is 0.410 e. The van der Waals surface area contributed by atoms with Gasteiger partial charge in [0.15, 0.2) is 0 Å². The molecule has 132 valence electrons. The van der Waals surface area contributed by atoms with Gasteiger partial charge >= 0.3 is 6.09 Å². The zero-order valence-electron chi connectivity index (χ0n) is 14.5. The van der Waals surface area contributed by atoms with Gasteiger partial charge in [0.1, 0.15) is 6.04 Å². The topological polar surface area (TPSA) is 78.9 Å². The van der Waals surface area contributed by atoms with Gasteiger partial charge in [-0.05, 0) is 24.7 Å². The van der Waals surface area contributed by atoms with Crippen molar-refractivity contribution >= 4 is 12.0 Å². The minimum atomic E-state index is -0.666. The van der Waals surface area contributed by atoms with Gasteiger partial charge in [-0.2, -0.15) is 0 Å². The molecule has 0 radical (unpaired) electrons. The van der Waals surface area contributed by atoms with Crippen LogP contribution in [0.25, 0.3) is 0 Å². The molecule has 0 bridgehead atoms. The van der Waals surface area contributed by atoms with Crippen LogP contribution in [-0.2, 0) is 9.53 Å². The van der Waals surface area contributed by atoms with Gasteiger partial charge in [-0.1, -0.05) is 33.6 Å². The van der Waals surface area contributed by atoms with Crippen LogP contribution in [0.1, 0.15) is 52.9 Å². The van der Waals surface area contributed by atoms with Gasteiger partial charge in [0.25, 0.3) is 0 Å². The van der Waals surface area contributed by atoms with E-state index in [1.54, 1.807) is 0 Å². The number of hydrogen-bond acceptors (Lipinski definition) is 4. The maximum absolute atomic E-state index is 12.6. The van der Waals surface area contributed by atoms with Crippen molar-refractivity contribution in [2.24, 2.45) is 11.8 Å². The summed E-state index contributed by atoms with van der Waals surface area (Å²) in [6, 6.07) is -0.457. The molecule has 2 fully saturated rings. The highest BCUT2D eigenvalue weighted by atomic mass is 16.6. The number of hydrogen-bond donors (Lipinski definition) is 2. The molecule has 0 aromatic rings. The number of carbonyl (C=O) groups is 2. The molecule has 1 saturated carbocycles. The molecule has 1 aliphatic heterocycles. The fourth-order valence-electron chi connectivity index (χ4n) is 3.39. The Morgan fingerprint density at radius 1 is 1.30 bits per heavy atom. The van der Waals surface area contributed by atoms with Crippen molar-refractivity contribution in [3.8, 4) is 0 Å². The van der Waals surface area contributed by atoms with Gasteiger partial charge in [-0.3, -0.25) is 9.69 Å². The number of nitrogens with zero attached hydrogens (tertiary/aromatic N) is 1. The van der Waals surface area contributed by atoms with Gasteiger partial charge in [-0.15, -0.1) is 0 Å². The lowest BCUT2D eigenvalue weighted by atomic mass is 9.86. The van der Waals surface area contributed by atoms with Crippen LogP contribution in [0.4, 0.5) is 4.79 Å². The van der Waals surface area contributed by atoms with Crippen LogP contribution in [0.5, 0.6) is 0 Å². The minimum Gasteiger partial charge on any atom is -0.449 e. The molecule has 0 aromatic heterocycles. The molecule has 0 unspecified atom stereocenters. The highest BCUT2D eigenvalue weighted by Crippen LogP contribution is 2.25. The third kappa shape index (κ3) is 4.83. The Kier molecular flexibility index (Phi) is 6.27.